The van der Waals surface area contributed by atoms with Gasteiger partial charge in [-0.15, -0.1) is 0 Å². The summed E-state index contributed by atoms with van der Waals surface area (Å²) in [5.41, 5.74) is 1.70. The Kier molecular flexibility index (Phi) is 4.92. The number of benzene rings is 1. The number of nitrogens with one attached hydrogen (secondary N) is 2. The maximum atomic E-state index is 13.0. The molecule has 88 valence electrons. The summed E-state index contributed by atoms with van der Waals surface area (Å²) in [7, 11) is 0. The van der Waals surface area contributed by atoms with Crippen LogP contribution < -0.4 is 10.6 Å². The van der Waals surface area contributed by atoms with Gasteiger partial charge in [-0.3, -0.25) is 4.79 Å². The van der Waals surface area contributed by atoms with E-state index in [1.165, 1.54) is 13.0 Å². The van der Waals surface area contributed by atoms with Gasteiger partial charge in [-0.1, -0.05) is 12.1 Å². The van der Waals surface area contributed by atoms with E-state index in [9.17, 15) is 9.18 Å². The van der Waals surface area contributed by atoms with E-state index in [2.05, 4.69) is 10.6 Å². The lowest BCUT2D eigenvalue weighted by Gasteiger charge is -2.06. The van der Waals surface area contributed by atoms with Crippen molar-refractivity contribution in [3.05, 3.63) is 35.1 Å². The molecule has 0 aliphatic carbocycles. The molecular formula is C12H17FN2O. The first-order valence-electron chi connectivity index (χ1n) is 5.30. The molecule has 0 bridgehead atoms. The third kappa shape index (κ3) is 4.40. The molecule has 0 aromatic heterocycles. The molecule has 0 spiro atoms. The average molecular weight is 224 g/mol. The fraction of sp³-hybridized carbons (Fsp3) is 0.417. The molecule has 4 heteroatoms. The highest BCUT2D eigenvalue weighted by atomic mass is 19.1. The van der Waals surface area contributed by atoms with Gasteiger partial charge in [-0.2, -0.15) is 0 Å². The summed E-state index contributed by atoms with van der Waals surface area (Å²) in [6, 6.07) is 5.05. The number of aryl methyl sites for hydroxylation is 1. The highest BCUT2D eigenvalue weighted by Gasteiger charge is 1.98. The zero-order chi connectivity index (χ0) is 12.0. The van der Waals surface area contributed by atoms with Crippen molar-refractivity contribution < 1.29 is 9.18 Å². The van der Waals surface area contributed by atoms with Gasteiger partial charge < -0.3 is 10.6 Å². The Bertz CT molecular complexity index is 366. The SMILES string of the molecule is CC(=O)NCCNCc1ccc(F)c(C)c1. The molecule has 0 atom stereocenters. The zero-order valence-corrected chi connectivity index (χ0v) is 9.64. The fourth-order valence-electron chi connectivity index (χ4n) is 1.38. The smallest absolute Gasteiger partial charge is 0.216 e. The Balaban J connectivity index is 2.27. The molecule has 1 amide bonds. The van der Waals surface area contributed by atoms with Crippen molar-refractivity contribution in [2.24, 2.45) is 0 Å². The van der Waals surface area contributed by atoms with Crippen molar-refractivity contribution in [1.29, 1.82) is 0 Å². The molecule has 0 radical (unpaired) electrons. The number of rotatable bonds is 5. The Morgan fingerprint density at radius 1 is 1.38 bits per heavy atom. The lowest BCUT2D eigenvalue weighted by molar-refractivity contribution is -0.118. The molecule has 16 heavy (non-hydrogen) atoms. The third-order valence-electron chi connectivity index (χ3n) is 2.23. The lowest BCUT2D eigenvalue weighted by Crippen LogP contribution is -2.29. The van der Waals surface area contributed by atoms with Crippen molar-refractivity contribution >= 4 is 5.91 Å². The standard InChI is InChI=1S/C12H17FN2O/c1-9-7-11(3-4-12(9)13)8-14-5-6-15-10(2)16/h3-4,7,14H,5-6,8H2,1-2H3,(H,15,16). The summed E-state index contributed by atoms with van der Waals surface area (Å²) in [4.78, 5) is 10.6. The van der Waals surface area contributed by atoms with Crippen LogP contribution in [0.5, 0.6) is 0 Å². The second kappa shape index (κ2) is 6.23. The van der Waals surface area contributed by atoms with Crippen LogP contribution in [0.4, 0.5) is 4.39 Å². The number of hydrogen-bond acceptors (Lipinski definition) is 2. The van der Waals surface area contributed by atoms with Crippen LogP contribution in [0.3, 0.4) is 0 Å². The van der Waals surface area contributed by atoms with E-state index in [0.29, 0.717) is 25.2 Å². The quantitative estimate of drug-likeness (QED) is 0.741. The van der Waals surface area contributed by atoms with E-state index in [1.807, 2.05) is 6.07 Å². The van der Waals surface area contributed by atoms with Crippen LogP contribution in [0.2, 0.25) is 0 Å². The van der Waals surface area contributed by atoms with Gasteiger partial charge in [-0.25, -0.2) is 4.39 Å². The van der Waals surface area contributed by atoms with Crippen molar-refractivity contribution in [2.45, 2.75) is 20.4 Å². The number of carbonyl (C=O) groups excluding carboxylic acids is 1. The Labute approximate surface area is 95.0 Å². The van der Waals surface area contributed by atoms with Gasteiger partial charge in [0.15, 0.2) is 0 Å². The summed E-state index contributed by atoms with van der Waals surface area (Å²) in [6.07, 6.45) is 0. The summed E-state index contributed by atoms with van der Waals surface area (Å²) >= 11 is 0. The van der Waals surface area contributed by atoms with Crippen molar-refractivity contribution in [2.75, 3.05) is 13.1 Å². The Hall–Kier alpha value is -1.42. The van der Waals surface area contributed by atoms with Gasteiger partial charge in [0, 0.05) is 26.6 Å². The third-order valence-corrected chi connectivity index (χ3v) is 2.23. The summed E-state index contributed by atoms with van der Waals surface area (Å²) in [6.45, 7) is 5.23. The first-order chi connectivity index (χ1) is 7.59. The minimum Gasteiger partial charge on any atom is -0.355 e. The molecule has 1 aromatic rings. The van der Waals surface area contributed by atoms with Gasteiger partial charge >= 0.3 is 0 Å². The predicted molar refractivity (Wildman–Crippen MR) is 61.5 cm³/mol. The van der Waals surface area contributed by atoms with Crippen molar-refractivity contribution in [3.8, 4) is 0 Å². The first-order valence-corrected chi connectivity index (χ1v) is 5.30. The number of carbonyl (C=O) groups is 1. The average Bonchev–Trinajstić information content (AvgIpc) is 2.22. The monoisotopic (exact) mass is 224 g/mol. The minimum absolute atomic E-state index is 0.0283. The molecule has 0 aliphatic heterocycles. The summed E-state index contributed by atoms with van der Waals surface area (Å²) < 4.78 is 13.0. The van der Waals surface area contributed by atoms with E-state index in [0.717, 1.165) is 5.56 Å². The van der Waals surface area contributed by atoms with E-state index in [1.54, 1.807) is 13.0 Å². The molecule has 0 heterocycles. The van der Waals surface area contributed by atoms with Crippen LogP contribution in [0, 0.1) is 12.7 Å². The van der Waals surface area contributed by atoms with Gasteiger partial charge in [-0.05, 0) is 24.1 Å². The van der Waals surface area contributed by atoms with Crippen LogP contribution in [-0.4, -0.2) is 19.0 Å². The summed E-state index contributed by atoms with van der Waals surface area (Å²) in [5.74, 6) is -0.207. The fourth-order valence-corrected chi connectivity index (χ4v) is 1.38. The highest BCUT2D eigenvalue weighted by Crippen LogP contribution is 2.08. The largest absolute Gasteiger partial charge is 0.355 e. The predicted octanol–water partition coefficient (Wildman–Crippen LogP) is 1.36. The zero-order valence-electron chi connectivity index (χ0n) is 9.64. The molecule has 3 nitrogen and oxygen atoms in total. The molecule has 0 saturated carbocycles. The number of halogens is 1. The molecule has 0 unspecified atom stereocenters. The van der Waals surface area contributed by atoms with Gasteiger partial charge in [0.2, 0.25) is 5.91 Å². The number of hydrogen-bond donors (Lipinski definition) is 2. The molecule has 0 fully saturated rings. The van der Waals surface area contributed by atoms with Crippen LogP contribution in [-0.2, 0) is 11.3 Å². The molecule has 0 saturated heterocycles. The number of amides is 1. The maximum absolute atomic E-state index is 13.0. The van der Waals surface area contributed by atoms with Gasteiger partial charge in [0.05, 0.1) is 0 Å². The van der Waals surface area contributed by atoms with E-state index in [4.69, 9.17) is 0 Å². The van der Waals surface area contributed by atoms with E-state index in [-0.39, 0.29) is 11.7 Å². The molecular weight excluding hydrogens is 207 g/mol. The second-order valence-corrected chi connectivity index (χ2v) is 3.74. The summed E-state index contributed by atoms with van der Waals surface area (Å²) in [5, 5.41) is 5.86. The minimum atomic E-state index is -0.179. The Morgan fingerprint density at radius 3 is 2.75 bits per heavy atom. The van der Waals surface area contributed by atoms with Gasteiger partial charge in [0.1, 0.15) is 5.82 Å². The Morgan fingerprint density at radius 2 is 2.12 bits per heavy atom. The van der Waals surface area contributed by atoms with Crippen LogP contribution in [0.25, 0.3) is 0 Å². The van der Waals surface area contributed by atoms with Crippen LogP contribution >= 0.6 is 0 Å². The first kappa shape index (κ1) is 12.6. The maximum Gasteiger partial charge on any atom is 0.216 e. The normalized spacial score (nSPS) is 10.2. The molecule has 1 rings (SSSR count). The van der Waals surface area contributed by atoms with Crippen molar-refractivity contribution in [1.82, 2.24) is 10.6 Å². The van der Waals surface area contributed by atoms with E-state index < -0.39 is 0 Å². The van der Waals surface area contributed by atoms with Crippen LogP contribution in [0.15, 0.2) is 18.2 Å². The molecule has 1 aromatic carbocycles. The van der Waals surface area contributed by atoms with E-state index >= 15 is 0 Å². The molecule has 0 aliphatic rings. The molecule has 2 N–H and O–H groups in total. The highest BCUT2D eigenvalue weighted by molar-refractivity contribution is 5.72. The van der Waals surface area contributed by atoms with Crippen LogP contribution in [0.1, 0.15) is 18.1 Å². The second-order valence-electron chi connectivity index (χ2n) is 3.74. The lowest BCUT2D eigenvalue weighted by atomic mass is 10.1. The topological polar surface area (TPSA) is 41.1 Å². The van der Waals surface area contributed by atoms with Gasteiger partial charge in [0.25, 0.3) is 0 Å². The van der Waals surface area contributed by atoms with Crippen molar-refractivity contribution in [3.63, 3.8) is 0 Å².